The quantitative estimate of drug-likeness (QED) is 0.882. The molecule has 2 N–H and O–H groups in total. The largest absolute Gasteiger partial charge is 0.323 e. The van der Waals surface area contributed by atoms with Gasteiger partial charge in [0.05, 0.1) is 0 Å². The maximum atomic E-state index is 6.42. The molecule has 94 valence electrons. The molecule has 17 heavy (non-hydrogen) atoms. The van der Waals surface area contributed by atoms with Crippen molar-refractivity contribution >= 4 is 11.8 Å². The normalized spacial score (nSPS) is 25.7. The minimum Gasteiger partial charge on any atom is -0.323 e. The Labute approximate surface area is 109 Å². The molecule has 3 atom stereocenters. The van der Waals surface area contributed by atoms with E-state index < -0.39 is 0 Å². The summed E-state index contributed by atoms with van der Waals surface area (Å²) >= 11 is 2.08. The van der Waals surface area contributed by atoms with Gasteiger partial charge in [0.15, 0.2) is 0 Å². The first kappa shape index (κ1) is 13.0. The van der Waals surface area contributed by atoms with Crippen molar-refractivity contribution in [1.82, 2.24) is 0 Å². The van der Waals surface area contributed by atoms with Crippen LogP contribution < -0.4 is 5.73 Å². The summed E-state index contributed by atoms with van der Waals surface area (Å²) < 4.78 is 0. The van der Waals surface area contributed by atoms with Gasteiger partial charge in [0.25, 0.3) is 0 Å². The summed E-state index contributed by atoms with van der Waals surface area (Å²) in [5, 5.41) is 1.28. The molecule has 0 saturated carbocycles. The van der Waals surface area contributed by atoms with Gasteiger partial charge in [-0.2, -0.15) is 11.8 Å². The number of hydrogen-bond donors (Lipinski definition) is 1. The van der Waals surface area contributed by atoms with Crippen LogP contribution in [0.15, 0.2) is 24.3 Å². The minimum absolute atomic E-state index is 0.214. The van der Waals surface area contributed by atoms with E-state index in [1.54, 1.807) is 0 Å². The van der Waals surface area contributed by atoms with E-state index in [-0.39, 0.29) is 6.04 Å². The van der Waals surface area contributed by atoms with E-state index in [9.17, 15) is 0 Å². The summed E-state index contributed by atoms with van der Waals surface area (Å²) in [5.74, 6) is 0.726. The molecule has 1 aromatic rings. The first-order valence-corrected chi connectivity index (χ1v) is 7.52. The number of hydrogen-bond acceptors (Lipinski definition) is 2. The third-order valence-corrected chi connectivity index (χ3v) is 5.69. The lowest BCUT2D eigenvalue weighted by molar-refractivity contribution is 0.574. The first-order valence-electron chi connectivity index (χ1n) is 6.58. The molecule has 2 rings (SSSR count). The molecule has 0 fully saturated rings. The van der Waals surface area contributed by atoms with Crippen LogP contribution in [0.25, 0.3) is 0 Å². The molecule has 0 spiro atoms. The second kappa shape index (κ2) is 5.45. The fraction of sp³-hybridized carbons (Fsp3) is 0.600. The van der Waals surface area contributed by atoms with Crippen LogP contribution >= 0.6 is 11.8 Å². The van der Waals surface area contributed by atoms with E-state index in [1.165, 1.54) is 24.0 Å². The Morgan fingerprint density at radius 1 is 1.24 bits per heavy atom. The number of aryl methyl sites for hydroxylation is 1. The van der Waals surface area contributed by atoms with Crippen molar-refractivity contribution in [2.24, 2.45) is 11.7 Å². The zero-order chi connectivity index (χ0) is 12.4. The van der Waals surface area contributed by atoms with Crippen molar-refractivity contribution < 1.29 is 0 Å². The van der Waals surface area contributed by atoms with Crippen LogP contribution in [0.3, 0.4) is 0 Å². The van der Waals surface area contributed by atoms with Gasteiger partial charge in [-0.15, -0.1) is 0 Å². The Hall–Kier alpha value is -0.470. The number of thioether (sulfide) groups is 1. The summed E-state index contributed by atoms with van der Waals surface area (Å²) in [7, 11) is 0. The molecule has 0 bridgehead atoms. The van der Waals surface area contributed by atoms with E-state index in [4.69, 9.17) is 5.73 Å². The zero-order valence-electron chi connectivity index (χ0n) is 11.0. The van der Waals surface area contributed by atoms with E-state index in [0.717, 1.165) is 5.92 Å². The highest BCUT2D eigenvalue weighted by Crippen LogP contribution is 2.38. The molecule has 0 saturated heterocycles. The van der Waals surface area contributed by atoms with Crippen molar-refractivity contribution in [3.8, 4) is 0 Å². The highest BCUT2D eigenvalue weighted by atomic mass is 32.2. The number of benzene rings is 1. The monoisotopic (exact) mass is 249 g/mol. The van der Waals surface area contributed by atoms with Gasteiger partial charge in [-0.05, 0) is 29.9 Å². The van der Waals surface area contributed by atoms with Crippen molar-refractivity contribution in [2.75, 3.05) is 0 Å². The lowest BCUT2D eigenvalue weighted by Gasteiger charge is -2.33. The fourth-order valence-electron chi connectivity index (χ4n) is 2.35. The number of fused-ring (bicyclic) bond motifs is 1. The molecule has 2 heteroatoms. The highest BCUT2D eigenvalue weighted by Gasteiger charge is 2.28. The second-order valence-electron chi connectivity index (χ2n) is 5.39. The molecule has 0 amide bonds. The van der Waals surface area contributed by atoms with Gasteiger partial charge in [-0.25, -0.2) is 0 Å². The van der Waals surface area contributed by atoms with Gasteiger partial charge in [-0.3, -0.25) is 0 Å². The Kier molecular flexibility index (Phi) is 4.16. The van der Waals surface area contributed by atoms with Crippen molar-refractivity contribution in [2.45, 2.75) is 50.2 Å². The van der Waals surface area contributed by atoms with Gasteiger partial charge in [-0.1, -0.05) is 45.0 Å². The standard InChI is InChI=1S/C15H23NS/c1-10(2)11(3)17-14-9-8-12-6-4-5-7-13(12)15(14)16/h4-7,10-11,14-15H,8-9,16H2,1-3H3. The maximum absolute atomic E-state index is 6.42. The molecular weight excluding hydrogens is 226 g/mol. The summed E-state index contributed by atoms with van der Waals surface area (Å²) in [4.78, 5) is 0. The molecule has 1 aliphatic rings. The van der Waals surface area contributed by atoms with Gasteiger partial charge in [0.2, 0.25) is 0 Å². The number of nitrogens with two attached hydrogens (primary N) is 1. The summed E-state index contributed by atoms with van der Waals surface area (Å²) in [6.07, 6.45) is 2.41. The minimum atomic E-state index is 0.214. The van der Waals surface area contributed by atoms with E-state index >= 15 is 0 Å². The highest BCUT2D eigenvalue weighted by molar-refractivity contribution is 8.00. The molecule has 1 aliphatic carbocycles. The van der Waals surface area contributed by atoms with Crippen LogP contribution in [0.5, 0.6) is 0 Å². The van der Waals surface area contributed by atoms with Crippen LogP contribution in [-0.2, 0) is 6.42 Å². The average Bonchev–Trinajstić information content (AvgIpc) is 2.33. The van der Waals surface area contributed by atoms with Crippen molar-refractivity contribution in [1.29, 1.82) is 0 Å². The molecule has 0 radical (unpaired) electrons. The Morgan fingerprint density at radius 3 is 2.65 bits per heavy atom. The van der Waals surface area contributed by atoms with Crippen molar-refractivity contribution in [3.05, 3.63) is 35.4 Å². The molecule has 1 nitrogen and oxygen atoms in total. The van der Waals surface area contributed by atoms with E-state index in [0.29, 0.717) is 10.5 Å². The van der Waals surface area contributed by atoms with Crippen LogP contribution in [0.4, 0.5) is 0 Å². The molecule has 3 unspecified atom stereocenters. The molecule has 1 aromatic carbocycles. The van der Waals surface area contributed by atoms with Crippen LogP contribution in [0, 0.1) is 5.92 Å². The van der Waals surface area contributed by atoms with Crippen LogP contribution in [0.1, 0.15) is 44.4 Å². The first-order chi connectivity index (χ1) is 8.09. The second-order valence-corrected chi connectivity index (χ2v) is 7.01. The van der Waals surface area contributed by atoms with E-state index in [2.05, 4.69) is 56.8 Å². The smallest absolute Gasteiger partial charge is 0.0418 e. The summed E-state index contributed by atoms with van der Waals surface area (Å²) in [6.45, 7) is 6.91. The summed E-state index contributed by atoms with van der Waals surface area (Å²) in [6, 6.07) is 8.87. The zero-order valence-corrected chi connectivity index (χ0v) is 11.8. The van der Waals surface area contributed by atoms with Gasteiger partial charge < -0.3 is 5.73 Å². The van der Waals surface area contributed by atoms with Crippen molar-refractivity contribution in [3.63, 3.8) is 0 Å². The maximum Gasteiger partial charge on any atom is 0.0418 e. The third kappa shape index (κ3) is 2.86. The van der Waals surface area contributed by atoms with Gasteiger partial charge >= 0.3 is 0 Å². The average molecular weight is 249 g/mol. The Morgan fingerprint density at radius 2 is 1.94 bits per heavy atom. The topological polar surface area (TPSA) is 26.0 Å². The lowest BCUT2D eigenvalue weighted by atomic mass is 9.88. The van der Waals surface area contributed by atoms with Crippen LogP contribution in [-0.4, -0.2) is 10.5 Å². The predicted molar refractivity (Wildman–Crippen MR) is 77.4 cm³/mol. The predicted octanol–water partition coefficient (Wildman–Crippen LogP) is 3.78. The molecule has 0 aliphatic heterocycles. The number of rotatable bonds is 3. The molecular formula is C15H23NS. The van der Waals surface area contributed by atoms with Gasteiger partial charge in [0, 0.05) is 16.5 Å². The molecule has 0 aromatic heterocycles. The lowest BCUT2D eigenvalue weighted by Crippen LogP contribution is -2.31. The van der Waals surface area contributed by atoms with Crippen LogP contribution in [0.2, 0.25) is 0 Å². The Balaban J connectivity index is 2.09. The van der Waals surface area contributed by atoms with E-state index in [1.807, 2.05) is 0 Å². The SMILES string of the molecule is CC(C)C(C)SC1CCc2ccccc2C1N. The van der Waals surface area contributed by atoms with Gasteiger partial charge in [0.1, 0.15) is 0 Å². The molecule has 0 heterocycles. The third-order valence-electron chi connectivity index (χ3n) is 3.84. The fourth-order valence-corrected chi connectivity index (χ4v) is 3.79. The summed E-state index contributed by atoms with van der Waals surface area (Å²) in [5.41, 5.74) is 9.24. The Bertz CT molecular complexity index is 375.